The summed E-state index contributed by atoms with van der Waals surface area (Å²) < 4.78 is 61.7. The van der Waals surface area contributed by atoms with E-state index < -0.39 is 20.0 Å². The maximum absolute atomic E-state index is 12.6. The first-order chi connectivity index (χ1) is 13.6. The van der Waals surface area contributed by atoms with Gasteiger partial charge >= 0.3 is 0 Å². The van der Waals surface area contributed by atoms with Crippen LogP contribution >= 0.6 is 0 Å². The van der Waals surface area contributed by atoms with E-state index in [1.807, 2.05) is 0 Å². The maximum Gasteiger partial charge on any atom is 0.265 e. The van der Waals surface area contributed by atoms with Crippen molar-refractivity contribution in [3.63, 3.8) is 0 Å². The van der Waals surface area contributed by atoms with Crippen LogP contribution in [-0.2, 0) is 27.1 Å². The number of nitrogens with zero attached hydrogens (tertiary/aromatic N) is 2. The molecule has 1 heterocycles. The number of para-hydroxylation sites is 2. The van der Waals surface area contributed by atoms with Crippen molar-refractivity contribution >= 4 is 31.4 Å². The van der Waals surface area contributed by atoms with Crippen molar-refractivity contribution in [3.05, 3.63) is 60.4 Å². The van der Waals surface area contributed by atoms with Gasteiger partial charge in [-0.3, -0.25) is 14.1 Å². The molecule has 1 aromatic heterocycles. The van der Waals surface area contributed by atoms with Crippen LogP contribution in [0.25, 0.3) is 0 Å². The van der Waals surface area contributed by atoms with E-state index in [0.717, 1.165) is 0 Å². The standard InChI is InChI=1S/C18H20N4O5S2/c1-13-18(12-19-22(13)2)29(25,26)20-14-8-10-15(11-9-14)28(23,24)21-16-6-4-5-7-17(16)27-3/h4-12,20-21H,1-3H3. The summed E-state index contributed by atoms with van der Waals surface area (Å²) in [5.74, 6) is 0.382. The molecule has 0 aliphatic rings. The topological polar surface area (TPSA) is 119 Å². The lowest BCUT2D eigenvalue weighted by atomic mass is 10.3. The molecule has 0 radical (unpaired) electrons. The number of anilines is 2. The van der Waals surface area contributed by atoms with Gasteiger partial charge in [-0.2, -0.15) is 5.10 Å². The zero-order valence-corrected chi connectivity index (χ0v) is 17.6. The van der Waals surface area contributed by atoms with Crippen LogP contribution in [0.2, 0.25) is 0 Å². The molecule has 29 heavy (non-hydrogen) atoms. The Morgan fingerprint density at radius 1 is 0.931 bits per heavy atom. The molecule has 3 aromatic rings. The van der Waals surface area contributed by atoms with E-state index in [9.17, 15) is 16.8 Å². The van der Waals surface area contributed by atoms with Gasteiger partial charge in [0.15, 0.2) is 0 Å². The first kappa shape index (κ1) is 20.7. The highest BCUT2D eigenvalue weighted by Crippen LogP contribution is 2.27. The number of aryl methyl sites for hydroxylation is 1. The molecule has 11 heteroatoms. The average Bonchev–Trinajstić information content (AvgIpc) is 3.01. The lowest BCUT2D eigenvalue weighted by Gasteiger charge is -2.12. The Morgan fingerprint density at radius 2 is 1.59 bits per heavy atom. The summed E-state index contributed by atoms with van der Waals surface area (Å²) in [7, 11) is -4.64. The SMILES string of the molecule is COc1ccccc1NS(=O)(=O)c1ccc(NS(=O)(=O)c2cnn(C)c2C)cc1. The number of rotatable bonds is 7. The van der Waals surface area contributed by atoms with Crippen molar-refractivity contribution in [2.75, 3.05) is 16.6 Å². The fourth-order valence-electron chi connectivity index (χ4n) is 2.59. The molecular formula is C18H20N4O5S2. The number of hydrogen-bond donors (Lipinski definition) is 2. The van der Waals surface area contributed by atoms with Gasteiger partial charge < -0.3 is 4.74 Å². The van der Waals surface area contributed by atoms with Gasteiger partial charge in [-0.05, 0) is 43.3 Å². The Balaban J connectivity index is 1.81. The van der Waals surface area contributed by atoms with Crippen LogP contribution < -0.4 is 14.2 Å². The fraction of sp³-hybridized carbons (Fsp3) is 0.167. The third-order valence-electron chi connectivity index (χ3n) is 4.25. The normalized spacial score (nSPS) is 11.8. The lowest BCUT2D eigenvalue weighted by molar-refractivity contribution is 0.417. The van der Waals surface area contributed by atoms with Crippen molar-refractivity contribution in [1.29, 1.82) is 0 Å². The zero-order chi connectivity index (χ0) is 21.2. The Hall–Kier alpha value is -3.05. The molecule has 0 bridgehead atoms. The molecule has 0 saturated heterocycles. The van der Waals surface area contributed by atoms with Gasteiger partial charge in [0.2, 0.25) is 0 Å². The summed E-state index contributed by atoms with van der Waals surface area (Å²) in [6.07, 6.45) is 1.26. The van der Waals surface area contributed by atoms with E-state index in [-0.39, 0.29) is 15.5 Å². The lowest BCUT2D eigenvalue weighted by Crippen LogP contribution is -2.15. The highest BCUT2D eigenvalue weighted by atomic mass is 32.2. The van der Waals surface area contributed by atoms with Crippen LogP contribution in [0.1, 0.15) is 5.69 Å². The Bertz CT molecular complexity index is 1230. The van der Waals surface area contributed by atoms with Crippen molar-refractivity contribution in [2.45, 2.75) is 16.7 Å². The summed E-state index contributed by atoms with van der Waals surface area (Å²) in [5.41, 5.74) is 1.01. The molecule has 3 rings (SSSR count). The van der Waals surface area contributed by atoms with E-state index in [0.29, 0.717) is 17.1 Å². The van der Waals surface area contributed by atoms with E-state index in [2.05, 4.69) is 14.5 Å². The van der Waals surface area contributed by atoms with E-state index >= 15 is 0 Å². The predicted octanol–water partition coefficient (Wildman–Crippen LogP) is 2.34. The average molecular weight is 437 g/mol. The van der Waals surface area contributed by atoms with Crippen molar-refractivity contribution in [2.24, 2.45) is 7.05 Å². The number of sulfonamides is 2. The van der Waals surface area contributed by atoms with Crippen LogP contribution in [0.15, 0.2) is 64.5 Å². The Morgan fingerprint density at radius 3 is 2.17 bits per heavy atom. The maximum atomic E-state index is 12.6. The molecular weight excluding hydrogens is 416 g/mol. The minimum atomic E-state index is -3.88. The Kier molecular flexibility index (Phi) is 5.53. The predicted molar refractivity (Wildman–Crippen MR) is 109 cm³/mol. The molecule has 0 atom stereocenters. The van der Waals surface area contributed by atoms with Gasteiger partial charge in [-0.15, -0.1) is 0 Å². The van der Waals surface area contributed by atoms with Crippen LogP contribution in [-0.4, -0.2) is 33.7 Å². The van der Waals surface area contributed by atoms with E-state index in [4.69, 9.17) is 4.74 Å². The van der Waals surface area contributed by atoms with Crippen molar-refractivity contribution in [1.82, 2.24) is 9.78 Å². The Labute approximate surface area is 169 Å². The van der Waals surface area contributed by atoms with Gasteiger partial charge in [-0.25, -0.2) is 16.8 Å². The van der Waals surface area contributed by atoms with Crippen LogP contribution in [0.5, 0.6) is 5.75 Å². The number of aromatic nitrogens is 2. The number of methoxy groups -OCH3 is 1. The molecule has 9 nitrogen and oxygen atoms in total. The van der Waals surface area contributed by atoms with Gasteiger partial charge in [0.05, 0.1) is 29.6 Å². The summed E-state index contributed by atoms with van der Waals surface area (Å²) in [5, 5.41) is 3.92. The van der Waals surface area contributed by atoms with Crippen LogP contribution in [0.3, 0.4) is 0 Å². The largest absolute Gasteiger partial charge is 0.495 e. The number of ether oxygens (including phenoxy) is 1. The molecule has 0 fully saturated rings. The second-order valence-electron chi connectivity index (χ2n) is 6.15. The molecule has 154 valence electrons. The molecule has 0 saturated carbocycles. The minimum absolute atomic E-state index is 0.0242. The number of nitrogens with one attached hydrogen (secondary N) is 2. The summed E-state index contributed by atoms with van der Waals surface area (Å²) >= 11 is 0. The molecule has 2 aromatic carbocycles. The molecule has 0 spiro atoms. The number of hydrogen-bond acceptors (Lipinski definition) is 6. The molecule has 0 aliphatic carbocycles. The second kappa shape index (κ2) is 7.76. The monoisotopic (exact) mass is 436 g/mol. The van der Waals surface area contributed by atoms with Gasteiger partial charge in [0.25, 0.3) is 20.0 Å². The van der Waals surface area contributed by atoms with E-state index in [1.165, 1.54) is 42.3 Å². The highest BCUT2D eigenvalue weighted by molar-refractivity contribution is 7.93. The quantitative estimate of drug-likeness (QED) is 0.587. The number of benzene rings is 2. The van der Waals surface area contributed by atoms with Crippen molar-refractivity contribution in [3.8, 4) is 5.75 Å². The van der Waals surface area contributed by atoms with Crippen LogP contribution in [0.4, 0.5) is 11.4 Å². The first-order valence-electron chi connectivity index (χ1n) is 8.41. The molecule has 2 N–H and O–H groups in total. The highest BCUT2D eigenvalue weighted by Gasteiger charge is 2.21. The van der Waals surface area contributed by atoms with E-state index in [1.54, 1.807) is 38.2 Å². The third kappa shape index (κ3) is 4.35. The third-order valence-corrected chi connectivity index (χ3v) is 7.11. The summed E-state index contributed by atoms with van der Waals surface area (Å²) in [6, 6.07) is 12.0. The molecule has 0 amide bonds. The van der Waals surface area contributed by atoms with Gasteiger partial charge in [-0.1, -0.05) is 12.1 Å². The second-order valence-corrected chi connectivity index (χ2v) is 9.49. The summed E-state index contributed by atoms with van der Waals surface area (Å²) in [4.78, 5) is 0.0263. The molecule has 0 unspecified atom stereocenters. The van der Waals surface area contributed by atoms with Crippen molar-refractivity contribution < 1.29 is 21.6 Å². The van der Waals surface area contributed by atoms with Gasteiger partial charge in [0.1, 0.15) is 10.6 Å². The van der Waals surface area contributed by atoms with Gasteiger partial charge in [0, 0.05) is 12.7 Å². The minimum Gasteiger partial charge on any atom is -0.495 e. The van der Waals surface area contributed by atoms with Crippen LogP contribution in [0, 0.1) is 6.92 Å². The fourth-order valence-corrected chi connectivity index (χ4v) is 4.92. The summed E-state index contributed by atoms with van der Waals surface area (Å²) in [6.45, 7) is 1.64. The first-order valence-corrected chi connectivity index (χ1v) is 11.4. The zero-order valence-electron chi connectivity index (χ0n) is 15.9. The smallest absolute Gasteiger partial charge is 0.265 e. The molecule has 0 aliphatic heterocycles.